The number of halogens is 3. The first-order valence-electron chi connectivity index (χ1n) is 11.2. The Morgan fingerprint density at radius 3 is 2.31 bits per heavy atom. The number of nitrogens with zero attached hydrogens (tertiary/aromatic N) is 1. The monoisotopic (exact) mass is 501 g/mol. The third kappa shape index (κ3) is 6.78. The predicted octanol–water partition coefficient (Wildman–Crippen LogP) is 6.17. The van der Waals surface area contributed by atoms with Gasteiger partial charge in [0.1, 0.15) is 12.4 Å². The Balaban J connectivity index is 1.96. The Bertz CT molecular complexity index is 1210. The molecule has 0 unspecified atom stereocenters. The van der Waals surface area contributed by atoms with Crippen LogP contribution < -0.4 is 4.74 Å². The molecule has 3 rings (SSSR count). The molecule has 3 aromatic carbocycles. The molecule has 1 N–H and O–H groups in total. The van der Waals surface area contributed by atoms with Crippen molar-refractivity contribution in [3.05, 3.63) is 89.0 Å². The van der Waals surface area contributed by atoms with Crippen LogP contribution in [-0.2, 0) is 35.3 Å². The fourth-order valence-corrected chi connectivity index (χ4v) is 3.75. The first-order valence-corrected chi connectivity index (χ1v) is 11.2. The second-order valence-electron chi connectivity index (χ2n) is 8.02. The largest absolute Gasteiger partial charge is 0.496 e. The highest BCUT2D eigenvalue weighted by Gasteiger charge is 2.31. The van der Waals surface area contributed by atoms with E-state index in [2.05, 4.69) is 0 Å². The van der Waals surface area contributed by atoms with E-state index in [1.54, 1.807) is 37.3 Å². The maximum Gasteiger partial charge on any atom is 0.416 e. The lowest BCUT2D eigenvalue weighted by molar-refractivity contribution is -0.138. The molecular weight excluding hydrogens is 475 g/mol. The zero-order valence-corrected chi connectivity index (χ0v) is 19.8. The van der Waals surface area contributed by atoms with Gasteiger partial charge in [-0.2, -0.15) is 13.2 Å². The molecule has 36 heavy (non-hydrogen) atoms. The van der Waals surface area contributed by atoms with E-state index in [0.717, 1.165) is 17.7 Å². The molecule has 0 aliphatic heterocycles. The summed E-state index contributed by atoms with van der Waals surface area (Å²) in [5, 5.41) is 9.24. The van der Waals surface area contributed by atoms with E-state index in [4.69, 9.17) is 9.47 Å². The molecule has 0 saturated heterocycles. The number of carbonyl (C=O) groups excluding carboxylic acids is 1. The number of ether oxygens (including phenoxy) is 2. The molecular formula is C27H26F3NO5. The van der Waals surface area contributed by atoms with Gasteiger partial charge in [0, 0.05) is 18.7 Å². The topological polar surface area (TPSA) is 76.1 Å². The zero-order chi connectivity index (χ0) is 26.3. The van der Waals surface area contributed by atoms with Crippen molar-refractivity contribution in [1.29, 1.82) is 0 Å². The molecule has 0 radical (unpaired) electrons. The summed E-state index contributed by atoms with van der Waals surface area (Å²) in [6.45, 7) is 1.80. The van der Waals surface area contributed by atoms with Crippen LogP contribution in [0.4, 0.5) is 18.0 Å². The summed E-state index contributed by atoms with van der Waals surface area (Å²) in [5.74, 6) is -0.717. The Morgan fingerprint density at radius 1 is 0.972 bits per heavy atom. The smallest absolute Gasteiger partial charge is 0.416 e. The second kappa shape index (κ2) is 11.6. The van der Waals surface area contributed by atoms with Crippen molar-refractivity contribution >= 4 is 12.1 Å². The SMILES string of the molecule is CCN(Cc1cc(C(F)(F)F)ccc1-c1ccc(OC)c(CC(=O)O)c1)C(=O)OCc1ccccc1. The summed E-state index contributed by atoms with van der Waals surface area (Å²) < 4.78 is 51.1. The number of aliphatic carboxylic acids is 1. The van der Waals surface area contributed by atoms with Crippen molar-refractivity contribution in [2.24, 2.45) is 0 Å². The number of amides is 1. The molecule has 6 nitrogen and oxygen atoms in total. The molecule has 0 aliphatic rings. The third-order valence-electron chi connectivity index (χ3n) is 5.57. The molecule has 3 aromatic rings. The van der Waals surface area contributed by atoms with E-state index in [1.165, 1.54) is 18.1 Å². The summed E-state index contributed by atoms with van der Waals surface area (Å²) in [6.07, 6.45) is -5.56. The average Bonchev–Trinajstić information content (AvgIpc) is 2.85. The number of carboxylic acid groups (broad SMARTS) is 1. The van der Waals surface area contributed by atoms with Gasteiger partial charge in [0.05, 0.1) is 19.1 Å². The fraction of sp³-hybridized carbons (Fsp3) is 0.259. The Hall–Kier alpha value is -4.01. The molecule has 0 heterocycles. The lowest BCUT2D eigenvalue weighted by Crippen LogP contribution is -2.31. The highest BCUT2D eigenvalue weighted by molar-refractivity contribution is 5.75. The van der Waals surface area contributed by atoms with E-state index >= 15 is 0 Å². The minimum absolute atomic E-state index is 0.0304. The molecule has 0 bridgehead atoms. The lowest BCUT2D eigenvalue weighted by Gasteiger charge is -2.23. The van der Waals surface area contributed by atoms with Crippen molar-refractivity contribution in [1.82, 2.24) is 4.90 Å². The highest BCUT2D eigenvalue weighted by atomic mass is 19.4. The van der Waals surface area contributed by atoms with Crippen molar-refractivity contribution in [3.8, 4) is 16.9 Å². The van der Waals surface area contributed by atoms with Gasteiger partial charge in [0.15, 0.2) is 0 Å². The molecule has 0 spiro atoms. The molecule has 190 valence electrons. The van der Waals surface area contributed by atoms with Gasteiger partial charge >= 0.3 is 18.2 Å². The fourth-order valence-electron chi connectivity index (χ4n) is 3.75. The number of methoxy groups -OCH3 is 1. The number of hydrogen-bond donors (Lipinski definition) is 1. The van der Waals surface area contributed by atoms with Crippen molar-refractivity contribution in [2.45, 2.75) is 32.7 Å². The van der Waals surface area contributed by atoms with Crippen LogP contribution in [0.15, 0.2) is 66.7 Å². The van der Waals surface area contributed by atoms with Crippen LogP contribution in [0.5, 0.6) is 5.75 Å². The maximum atomic E-state index is 13.5. The van der Waals surface area contributed by atoms with Crippen molar-refractivity contribution < 1.29 is 37.3 Å². The summed E-state index contributed by atoms with van der Waals surface area (Å²) >= 11 is 0. The van der Waals surface area contributed by atoms with Crippen LogP contribution >= 0.6 is 0 Å². The van der Waals surface area contributed by atoms with Crippen LogP contribution in [-0.4, -0.2) is 35.7 Å². The summed E-state index contributed by atoms with van der Waals surface area (Å²) in [7, 11) is 1.41. The van der Waals surface area contributed by atoms with Crippen LogP contribution in [0, 0.1) is 0 Å². The van der Waals surface area contributed by atoms with Crippen LogP contribution in [0.25, 0.3) is 11.1 Å². The van der Waals surface area contributed by atoms with Gasteiger partial charge in [-0.1, -0.05) is 42.5 Å². The molecule has 0 fully saturated rings. The first kappa shape index (κ1) is 26.6. The average molecular weight is 502 g/mol. The van der Waals surface area contributed by atoms with E-state index in [0.29, 0.717) is 22.4 Å². The van der Waals surface area contributed by atoms with Crippen molar-refractivity contribution in [3.63, 3.8) is 0 Å². The Morgan fingerprint density at radius 2 is 1.69 bits per heavy atom. The number of alkyl halides is 3. The number of carbonyl (C=O) groups is 2. The number of hydrogen-bond acceptors (Lipinski definition) is 4. The molecule has 0 aromatic heterocycles. The molecule has 0 saturated carbocycles. The molecule has 9 heteroatoms. The number of benzene rings is 3. The zero-order valence-electron chi connectivity index (χ0n) is 19.8. The molecule has 0 aliphatic carbocycles. The van der Waals surface area contributed by atoms with E-state index in [-0.39, 0.29) is 31.7 Å². The van der Waals surface area contributed by atoms with Crippen LogP contribution in [0.1, 0.15) is 29.2 Å². The van der Waals surface area contributed by atoms with E-state index < -0.39 is 23.8 Å². The number of carboxylic acids is 1. The Labute approximate surface area is 206 Å². The van der Waals surface area contributed by atoms with Gasteiger partial charge in [-0.05, 0) is 53.4 Å². The standard InChI is InChI=1S/C27H26F3NO5/c1-3-31(26(34)36-17-18-7-5-4-6-8-18)16-21-14-22(27(28,29)30)10-11-23(21)19-9-12-24(35-2)20(13-19)15-25(32)33/h4-14H,3,15-17H2,1-2H3,(H,32,33). The van der Waals surface area contributed by atoms with Crippen LogP contribution in [0.3, 0.4) is 0 Å². The first-order chi connectivity index (χ1) is 17.1. The lowest BCUT2D eigenvalue weighted by atomic mass is 9.94. The van der Waals surface area contributed by atoms with E-state index in [1.807, 2.05) is 18.2 Å². The Kier molecular flexibility index (Phi) is 8.58. The second-order valence-corrected chi connectivity index (χ2v) is 8.02. The highest BCUT2D eigenvalue weighted by Crippen LogP contribution is 2.35. The summed E-state index contributed by atoms with van der Waals surface area (Å²) in [4.78, 5) is 25.3. The number of rotatable bonds is 9. The maximum absolute atomic E-state index is 13.5. The third-order valence-corrected chi connectivity index (χ3v) is 5.57. The van der Waals surface area contributed by atoms with Gasteiger partial charge < -0.3 is 19.5 Å². The van der Waals surface area contributed by atoms with Gasteiger partial charge in [0.25, 0.3) is 0 Å². The van der Waals surface area contributed by atoms with Gasteiger partial charge in [-0.3, -0.25) is 4.79 Å². The molecule has 1 amide bonds. The predicted molar refractivity (Wildman–Crippen MR) is 127 cm³/mol. The summed E-state index contributed by atoms with van der Waals surface area (Å²) in [6, 6.07) is 17.1. The van der Waals surface area contributed by atoms with Gasteiger partial charge in [-0.25, -0.2) is 4.79 Å². The minimum atomic E-state index is -4.58. The van der Waals surface area contributed by atoms with Gasteiger partial charge in [0.2, 0.25) is 0 Å². The molecule has 0 atom stereocenters. The minimum Gasteiger partial charge on any atom is -0.496 e. The van der Waals surface area contributed by atoms with E-state index in [9.17, 15) is 27.9 Å². The van der Waals surface area contributed by atoms with Crippen molar-refractivity contribution in [2.75, 3.05) is 13.7 Å². The van der Waals surface area contributed by atoms with Gasteiger partial charge in [-0.15, -0.1) is 0 Å². The normalized spacial score (nSPS) is 11.1. The summed E-state index contributed by atoms with van der Waals surface area (Å²) in [5.41, 5.74) is 1.49. The van der Waals surface area contributed by atoms with Crippen LogP contribution in [0.2, 0.25) is 0 Å². The quantitative estimate of drug-likeness (QED) is 0.380.